The minimum Gasteiger partial charge on any atom is -0.495 e. The monoisotopic (exact) mass is 418 g/mol. The van der Waals surface area contributed by atoms with Gasteiger partial charge >= 0.3 is 0 Å². The Morgan fingerprint density at radius 2 is 2.11 bits per heavy atom. The molecule has 1 unspecified atom stereocenters. The maximum atomic E-state index is 6.56. The zero-order valence-corrected chi connectivity index (χ0v) is 17.8. The number of methoxy groups -OCH3 is 1. The van der Waals surface area contributed by atoms with Crippen LogP contribution in [0.15, 0.2) is 36.1 Å². The van der Waals surface area contributed by atoms with Crippen LogP contribution < -0.4 is 10.1 Å². The summed E-state index contributed by atoms with van der Waals surface area (Å²) in [5, 5.41) is 4.27. The number of thioether (sulfide) groups is 1. The van der Waals surface area contributed by atoms with E-state index >= 15 is 0 Å². The lowest BCUT2D eigenvalue weighted by Crippen LogP contribution is -2.49. The highest BCUT2D eigenvalue weighted by atomic mass is 35.5. The summed E-state index contributed by atoms with van der Waals surface area (Å²) in [5.41, 5.74) is 3.83. The van der Waals surface area contributed by atoms with E-state index in [-0.39, 0.29) is 11.0 Å². The Balaban J connectivity index is 1.30. The van der Waals surface area contributed by atoms with Gasteiger partial charge in [-0.05, 0) is 66.6 Å². The van der Waals surface area contributed by atoms with Crippen molar-refractivity contribution in [1.82, 2.24) is 10.2 Å². The molecule has 3 aliphatic heterocycles. The number of hydrogen-bond acceptors (Lipinski definition) is 5. The molecule has 1 spiro atoms. The molecule has 0 aromatic heterocycles. The number of piperidine rings is 1. The number of likely N-dealkylation sites (tertiary alicyclic amines) is 1. The van der Waals surface area contributed by atoms with Crippen LogP contribution in [-0.2, 0) is 4.74 Å². The van der Waals surface area contributed by atoms with Crippen LogP contribution in [-0.4, -0.2) is 42.5 Å². The summed E-state index contributed by atoms with van der Waals surface area (Å²) in [6.07, 6.45) is 11.3. The molecule has 6 heteroatoms. The summed E-state index contributed by atoms with van der Waals surface area (Å²) >= 11 is 8.54. The van der Waals surface area contributed by atoms with Crippen molar-refractivity contribution in [3.05, 3.63) is 52.2 Å². The van der Waals surface area contributed by atoms with Crippen molar-refractivity contribution in [2.45, 2.75) is 42.6 Å². The van der Waals surface area contributed by atoms with Gasteiger partial charge in [0.15, 0.2) is 0 Å². The van der Waals surface area contributed by atoms with Gasteiger partial charge in [-0.25, -0.2) is 0 Å². The van der Waals surface area contributed by atoms with Crippen LogP contribution in [0.1, 0.15) is 48.8 Å². The molecule has 1 aromatic rings. The summed E-state index contributed by atoms with van der Waals surface area (Å²) in [4.78, 5) is 2.68. The molecule has 1 atom stereocenters. The number of halogens is 1. The third-order valence-electron chi connectivity index (χ3n) is 6.31. The normalized spacial score (nSPS) is 26.5. The molecule has 2 saturated heterocycles. The first-order valence-corrected chi connectivity index (χ1v) is 11.5. The molecular weight excluding hydrogens is 392 g/mol. The topological polar surface area (TPSA) is 33.7 Å². The molecular formula is C22H27ClN2O2S. The molecule has 3 fully saturated rings. The largest absolute Gasteiger partial charge is 0.495 e. The minimum absolute atomic E-state index is 0.135. The number of rotatable bonds is 5. The van der Waals surface area contributed by atoms with Crippen LogP contribution in [0.3, 0.4) is 0 Å². The zero-order valence-electron chi connectivity index (χ0n) is 16.2. The van der Waals surface area contributed by atoms with Gasteiger partial charge in [-0.3, -0.25) is 4.90 Å². The van der Waals surface area contributed by atoms with Crippen molar-refractivity contribution in [1.29, 1.82) is 0 Å². The number of hydrogen-bond donors (Lipinski definition) is 1. The zero-order chi connectivity index (χ0) is 19.1. The summed E-state index contributed by atoms with van der Waals surface area (Å²) in [6, 6.07) is 4.50. The van der Waals surface area contributed by atoms with Crippen molar-refractivity contribution >= 4 is 23.4 Å². The summed E-state index contributed by atoms with van der Waals surface area (Å²) in [5.74, 6) is 2.25. The number of nitrogens with zero attached hydrogens (tertiary/aromatic N) is 1. The van der Waals surface area contributed by atoms with Crippen LogP contribution in [0.25, 0.3) is 0 Å². The van der Waals surface area contributed by atoms with Gasteiger partial charge in [0.2, 0.25) is 0 Å². The first kappa shape index (κ1) is 18.9. The fourth-order valence-corrected chi connectivity index (χ4v) is 5.62. The molecule has 0 radical (unpaired) electrons. The molecule has 4 aliphatic rings. The Kier molecular flexibility index (Phi) is 5.12. The van der Waals surface area contributed by atoms with Gasteiger partial charge in [0.1, 0.15) is 10.7 Å². The third-order valence-corrected chi connectivity index (χ3v) is 8.00. The van der Waals surface area contributed by atoms with E-state index in [1.54, 1.807) is 7.11 Å². The quantitative estimate of drug-likeness (QED) is 0.741. The van der Waals surface area contributed by atoms with Crippen LogP contribution in [0.5, 0.6) is 5.75 Å². The second-order valence-corrected chi connectivity index (χ2v) is 9.86. The molecule has 1 aliphatic carbocycles. The fraction of sp³-hybridized carbons (Fsp3) is 0.545. The molecule has 3 heterocycles. The van der Waals surface area contributed by atoms with Crippen molar-refractivity contribution < 1.29 is 9.47 Å². The number of benzene rings is 1. The van der Waals surface area contributed by atoms with E-state index in [2.05, 4.69) is 40.7 Å². The molecule has 0 amide bonds. The van der Waals surface area contributed by atoms with E-state index < -0.39 is 0 Å². The van der Waals surface area contributed by atoms with E-state index in [4.69, 9.17) is 21.1 Å². The van der Waals surface area contributed by atoms with Gasteiger partial charge in [-0.2, -0.15) is 0 Å². The second kappa shape index (κ2) is 7.60. The number of ether oxygens (including phenoxy) is 2. The molecule has 4 nitrogen and oxygen atoms in total. The summed E-state index contributed by atoms with van der Waals surface area (Å²) in [7, 11) is 1.70. The molecule has 1 aromatic carbocycles. The summed E-state index contributed by atoms with van der Waals surface area (Å²) < 4.78 is 11.4. The lowest BCUT2D eigenvalue weighted by molar-refractivity contribution is -0.0213. The van der Waals surface area contributed by atoms with Crippen molar-refractivity contribution in [3.63, 3.8) is 0 Å². The molecule has 1 saturated carbocycles. The standard InChI is InChI=1S/C22H27ClN2O2S/c1-26-20-12-17(11-18(21(20)23)16-2-3-16)19-10-15(4-7-24-19)13-25-8-5-22(6-9-25)27-14-28-22/h4,7,10-12,16,19,24H,2-3,5-6,8-9,13-14H2,1H3. The minimum atomic E-state index is 0.135. The van der Waals surface area contributed by atoms with Crippen molar-refractivity contribution in [2.24, 2.45) is 0 Å². The highest BCUT2D eigenvalue weighted by molar-refractivity contribution is 8.01. The van der Waals surface area contributed by atoms with Gasteiger partial charge in [-0.15, -0.1) is 0 Å². The van der Waals surface area contributed by atoms with Crippen molar-refractivity contribution in [2.75, 3.05) is 32.7 Å². The van der Waals surface area contributed by atoms with Crippen LogP contribution >= 0.6 is 23.4 Å². The average Bonchev–Trinajstić information content (AvgIpc) is 3.53. The second-order valence-electron chi connectivity index (χ2n) is 8.21. The van der Waals surface area contributed by atoms with Gasteiger partial charge in [0.05, 0.1) is 24.1 Å². The maximum absolute atomic E-state index is 6.56. The molecule has 150 valence electrons. The van der Waals surface area contributed by atoms with E-state index in [0.717, 1.165) is 49.2 Å². The van der Waals surface area contributed by atoms with E-state index in [1.165, 1.54) is 29.5 Å². The lowest BCUT2D eigenvalue weighted by atomic mass is 9.97. The summed E-state index contributed by atoms with van der Waals surface area (Å²) in [6.45, 7) is 3.21. The number of nitrogens with one attached hydrogen (secondary N) is 1. The SMILES string of the molecule is COc1cc(C2C=C(CN3CCC4(CC3)OCS4)C=CN2)cc(C2CC2)c1Cl. The Labute approximate surface area is 176 Å². The molecule has 0 bridgehead atoms. The fourth-order valence-electron chi connectivity index (χ4n) is 4.36. The van der Waals surface area contributed by atoms with Crippen molar-refractivity contribution in [3.8, 4) is 5.75 Å². The highest BCUT2D eigenvalue weighted by Gasteiger charge is 2.42. The Hall–Kier alpha value is -1.14. The molecule has 1 N–H and O–H groups in total. The molecule has 5 rings (SSSR count). The van der Waals surface area contributed by atoms with Crippen LogP contribution in [0.2, 0.25) is 5.02 Å². The predicted molar refractivity (Wildman–Crippen MR) is 115 cm³/mol. The van der Waals surface area contributed by atoms with Gasteiger partial charge in [-0.1, -0.05) is 35.5 Å². The highest BCUT2D eigenvalue weighted by Crippen LogP contribution is 2.47. The van der Waals surface area contributed by atoms with E-state index in [9.17, 15) is 0 Å². The molecule has 28 heavy (non-hydrogen) atoms. The number of dihydropyridines is 1. The predicted octanol–water partition coefficient (Wildman–Crippen LogP) is 4.82. The van der Waals surface area contributed by atoms with Crippen LogP contribution in [0.4, 0.5) is 0 Å². The Bertz CT molecular complexity index is 807. The average molecular weight is 419 g/mol. The smallest absolute Gasteiger partial charge is 0.138 e. The first-order valence-electron chi connectivity index (χ1n) is 10.2. The van der Waals surface area contributed by atoms with Gasteiger partial charge in [0.25, 0.3) is 0 Å². The lowest BCUT2D eigenvalue weighted by Gasteiger charge is -2.46. The van der Waals surface area contributed by atoms with E-state index in [1.807, 2.05) is 11.8 Å². The van der Waals surface area contributed by atoms with Gasteiger partial charge < -0.3 is 14.8 Å². The first-order chi connectivity index (χ1) is 13.7. The Morgan fingerprint density at radius 1 is 1.32 bits per heavy atom. The van der Waals surface area contributed by atoms with E-state index in [0.29, 0.717) is 5.92 Å². The maximum Gasteiger partial charge on any atom is 0.138 e. The third kappa shape index (κ3) is 3.70. The Morgan fingerprint density at radius 3 is 2.75 bits per heavy atom. The van der Waals surface area contributed by atoms with Crippen LogP contribution in [0, 0.1) is 0 Å². The van der Waals surface area contributed by atoms with Gasteiger partial charge in [0, 0.05) is 19.6 Å².